The number of benzene rings is 3. The highest BCUT2D eigenvalue weighted by molar-refractivity contribution is 7.92. The molecule has 3 aromatic carbocycles. The number of sulfonamides is 1. The predicted octanol–water partition coefficient (Wildman–Crippen LogP) is 4.45. The van der Waals surface area contributed by atoms with Crippen molar-refractivity contribution < 1.29 is 18.0 Å². The van der Waals surface area contributed by atoms with Crippen LogP contribution in [0.3, 0.4) is 0 Å². The Morgan fingerprint density at radius 2 is 1.54 bits per heavy atom. The van der Waals surface area contributed by atoms with E-state index < -0.39 is 27.9 Å². The summed E-state index contributed by atoms with van der Waals surface area (Å²) in [4.78, 5) is 25.8. The number of nitrogens with one attached hydrogen (secondary N) is 2. The second-order valence-electron chi connectivity index (χ2n) is 9.83. The number of carbonyl (C=O) groups excluding carboxylic acids is 2. The SMILES string of the molecule is CC(CC(N)=O)NC(=O)c1cccc(NS(=O)(=O)CC2CN(C(c3ccc(Cl)cc3)c3ccc(Cl)cc3)C2)c1. The fraction of sp³-hybridized carbons (Fsp3) is 0.286. The van der Waals surface area contributed by atoms with E-state index in [1.54, 1.807) is 25.1 Å². The Labute approximate surface area is 238 Å². The lowest BCUT2D eigenvalue weighted by Crippen LogP contribution is -2.51. The van der Waals surface area contributed by atoms with E-state index in [0.29, 0.717) is 28.8 Å². The van der Waals surface area contributed by atoms with Gasteiger partial charge in [-0.15, -0.1) is 0 Å². The standard InChI is InChI=1S/C28H30Cl2N4O4S/c1-18(13-26(31)35)32-28(36)22-3-2-4-25(14-22)33-39(37,38)17-19-15-34(16-19)27(20-5-9-23(29)10-6-20)21-7-11-24(30)12-8-21/h2-12,14,18-19,27,33H,13,15-17H2,1H3,(H2,31,35)(H,32,36). The van der Waals surface area contributed by atoms with Crippen LogP contribution in [0.5, 0.6) is 0 Å². The van der Waals surface area contributed by atoms with Crippen LogP contribution in [0.4, 0.5) is 5.69 Å². The average Bonchev–Trinajstić information content (AvgIpc) is 2.84. The first-order valence-corrected chi connectivity index (χ1v) is 14.8. The minimum atomic E-state index is -3.67. The van der Waals surface area contributed by atoms with E-state index in [-0.39, 0.29) is 29.7 Å². The van der Waals surface area contributed by atoms with Crippen molar-refractivity contribution in [2.45, 2.75) is 25.4 Å². The van der Waals surface area contributed by atoms with Gasteiger partial charge >= 0.3 is 0 Å². The highest BCUT2D eigenvalue weighted by Crippen LogP contribution is 2.35. The fourth-order valence-corrected chi connectivity index (χ4v) is 6.40. The number of carbonyl (C=O) groups is 2. The molecule has 0 aliphatic carbocycles. The molecule has 0 bridgehead atoms. The molecule has 4 N–H and O–H groups in total. The lowest BCUT2D eigenvalue weighted by molar-refractivity contribution is -0.118. The molecule has 1 unspecified atom stereocenters. The molecule has 39 heavy (non-hydrogen) atoms. The van der Waals surface area contributed by atoms with Gasteiger partial charge in [-0.2, -0.15) is 0 Å². The third kappa shape index (κ3) is 7.95. The number of hydrogen-bond acceptors (Lipinski definition) is 5. The van der Waals surface area contributed by atoms with Crippen molar-refractivity contribution >= 4 is 50.7 Å². The molecule has 1 aliphatic heterocycles. The molecule has 0 aromatic heterocycles. The Kier molecular flexibility index (Phi) is 9.17. The number of primary amides is 1. The van der Waals surface area contributed by atoms with Gasteiger partial charge in [0.25, 0.3) is 5.91 Å². The molecule has 1 saturated heterocycles. The van der Waals surface area contributed by atoms with Crippen LogP contribution in [-0.2, 0) is 14.8 Å². The van der Waals surface area contributed by atoms with Crippen molar-refractivity contribution in [2.24, 2.45) is 11.7 Å². The number of amides is 2. The zero-order valence-corrected chi connectivity index (χ0v) is 23.6. The molecule has 3 aromatic rings. The number of nitrogens with two attached hydrogens (primary N) is 1. The number of likely N-dealkylation sites (tertiary alicyclic amines) is 1. The number of halogens is 2. The lowest BCUT2D eigenvalue weighted by atomic mass is 9.91. The smallest absolute Gasteiger partial charge is 0.251 e. The first-order valence-electron chi connectivity index (χ1n) is 12.4. The fourth-order valence-electron chi connectivity index (χ4n) is 4.75. The summed E-state index contributed by atoms with van der Waals surface area (Å²) < 4.78 is 28.5. The van der Waals surface area contributed by atoms with E-state index in [2.05, 4.69) is 14.9 Å². The Morgan fingerprint density at radius 3 is 2.08 bits per heavy atom. The van der Waals surface area contributed by atoms with E-state index >= 15 is 0 Å². The quantitative estimate of drug-likeness (QED) is 0.305. The average molecular weight is 590 g/mol. The number of hydrogen-bond donors (Lipinski definition) is 3. The molecule has 1 aliphatic rings. The van der Waals surface area contributed by atoms with Gasteiger partial charge in [0.05, 0.1) is 11.8 Å². The van der Waals surface area contributed by atoms with Gasteiger partial charge in [0.15, 0.2) is 0 Å². The van der Waals surface area contributed by atoms with Crippen LogP contribution in [0.1, 0.15) is 40.9 Å². The van der Waals surface area contributed by atoms with E-state index in [9.17, 15) is 18.0 Å². The summed E-state index contributed by atoms with van der Waals surface area (Å²) in [5.41, 5.74) is 7.85. The molecule has 1 heterocycles. The molecule has 4 rings (SSSR count). The predicted molar refractivity (Wildman–Crippen MR) is 154 cm³/mol. The van der Waals surface area contributed by atoms with Crippen molar-refractivity contribution in [1.29, 1.82) is 0 Å². The molecular formula is C28H30Cl2N4O4S. The van der Waals surface area contributed by atoms with Crippen LogP contribution in [0, 0.1) is 5.92 Å². The highest BCUT2D eigenvalue weighted by Gasteiger charge is 2.36. The van der Waals surface area contributed by atoms with Crippen molar-refractivity contribution in [3.05, 3.63) is 99.5 Å². The molecule has 1 fully saturated rings. The van der Waals surface area contributed by atoms with Gasteiger partial charge in [-0.05, 0) is 60.5 Å². The van der Waals surface area contributed by atoms with Gasteiger partial charge in [0.1, 0.15) is 0 Å². The van der Waals surface area contributed by atoms with Crippen LogP contribution in [0.2, 0.25) is 10.0 Å². The highest BCUT2D eigenvalue weighted by atomic mass is 35.5. The Bertz CT molecular complexity index is 1380. The summed E-state index contributed by atoms with van der Waals surface area (Å²) in [5, 5.41) is 3.97. The van der Waals surface area contributed by atoms with Crippen molar-refractivity contribution in [1.82, 2.24) is 10.2 Å². The summed E-state index contributed by atoms with van der Waals surface area (Å²) in [6, 6.07) is 21.0. The third-order valence-corrected chi connectivity index (χ3v) is 8.42. The monoisotopic (exact) mass is 588 g/mol. The van der Waals surface area contributed by atoms with E-state index in [1.165, 1.54) is 6.07 Å². The Hall–Kier alpha value is -3.11. The summed E-state index contributed by atoms with van der Waals surface area (Å²) in [5.74, 6) is -1.06. The molecule has 2 amide bonds. The first kappa shape index (κ1) is 28.9. The van der Waals surface area contributed by atoms with Gasteiger partial charge in [-0.3, -0.25) is 19.2 Å². The molecule has 206 valence electrons. The van der Waals surface area contributed by atoms with Gasteiger partial charge in [0, 0.05) is 52.8 Å². The summed E-state index contributed by atoms with van der Waals surface area (Å²) >= 11 is 12.2. The zero-order valence-electron chi connectivity index (χ0n) is 21.3. The Morgan fingerprint density at radius 1 is 0.974 bits per heavy atom. The van der Waals surface area contributed by atoms with Gasteiger partial charge in [-0.1, -0.05) is 53.5 Å². The molecular weight excluding hydrogens is 559 g/mol. The number of nitrogens with zero attached hydrogens (tertiary/aromatic N) is 1. The zero-order chi connectivity index (χ0) is 28.2. The normalized spacial score (nSPS) is 15.0. The van der Waals surface area contributed by atoms with Gasteiger partial charge < -0.3 is 11.1 Å². The minimum Gasteiger partial charge on any atom is -0.370 e. The molecule has 1 atom stereocenters. The topological polar surface area (TPSA) is 122 Å². The maximum absolute atomic E-state index is 13.0. The molecule has 8 nitrogen and oxygen atoms in total. The largest absolute Gasteiger partial charge is 0.370 e. The maximum Gasteiger partial charge on any atom is 0.251 e. The second kappa shape index (κ2) is 12.4. The minimum absolute atomic E-state index is 0.00730. The van der Waals surface area contributed by atoms with Crippen LogP contribution < -0.4 is 15.8 Å². The van der Waals surface area contributed by atoms with Gasteiger partial charge in [0.2, 0.25) is 15.9 Å². The second-order valence-corrected chi connectivity index (χ2v) is 12.5. The summed E-state index contributed by atoms with van der Waals surface area (Å²) in [7, 11) is -3.67. The summed E-state index contributed by atoms with van der Waals surface area (Å²) in [6.07, 6.45) is 0.00730. The van der Waals surface area contributed by atoms with Crippen LogP contribution in [-0.4, -0.2) is 50.0 Å². The van der Waals surface area contributed by atoms with Crippen molar-refractivity contribution in [2.75, 3.05) is 23.6 Å². The van der Waals surface area contributed by atoms with E-state index in [4.69, 9.17) is 28.9 Å². The number of rotatable bonds is 11. The van der Waals surface area contributed by atoms with Crippen molar-refractivity contribution in [3.63, 3.8) is 0 Å². The lowest BCUT2D eigenvalue weighted by Gasteiger charge is -2.44. The van der Waals surface area contributed by atoms with Gasteiger partial charge in [-0.25, -0.2) is 8.42 Å². The third-order valence-electron chi connectivity index (χ3n) is 6.46. The maximum atomic E-state index is 13.0. The molecule has 0 spiro atoms. The van der Waals surface area contributed by atoms with Crippen LogP contribution in [0.15, 0.2) is 72.8 Å². The molecule has 11 heteroatoms. The van der Waals surface area contributed by atoms with Crippen LogP contribution in [0.25, 0.3) is 0 Å². The van der Waals surface area contributed by atoms with Crippen molar-refractivity contribution in [3.8, 4) is 0 Å². The Balaban J connectivity index is 1.39. The molecule has 0 radical (unpaired) electrons. The summed E-state index contributed by atoms with van der Waals surface area (Å²) in [6.45, 7) is 2.86. The van der Waals surface area contributed by atoms with Crippen LogP contribution >= 0.6 is 23.2 Å². The number of anilines is 1. The first-order chi connectivity index (χ1) is 18.5. The van der Waals surface area contributed by atoms with E-state index in [0.717, 1.165) is 11.1 Å². The van der Waals surface area contributed by atoms with E-state index in [1.807, 2.05) is 48.5 Å². The molecule has 0 saturated carbocycles.